The Hall–Kier alpha value is -1.32. The number of nitrogens with one attached hydrogen (secondary N) is 1. The third-order valence-electron chi connectivity index (χ3n) is 4.16. The van der Waals surface area contributed by atoms with Crippen molar-refractivity contribution in [2.24, 2.45) is 0 Å². The number of rotatable bonds is 6. The van der Waals surface area contributed by atoms with Crippen molar-refractivity contribution in [2.45, 2.75) is 17.5 Å². The summed E-state index contributed by atoms with van der Waals surface area (Å²) in [5.74, 6) is -0.782. The van der Waals surface area contributed by atoms with E-state index in [0.29, 0.717) is 17.6 Å². The highest BCUT2D eigenvalue weighted by atomic mass is 79.9. The van der Waals surface area contributed by atoms with E-state index in [4.69, 9.17) is 4.74 Å². The van der Waals surface area contributed by atoms with Gasteiger partial charge in [0, 0.05) is 30.7 Å². The smallest absolute Gasteiger partial charge is 0.243 e. The fourth-order valence-electron chi connectivity index (χ4n) is 2.85. The summed E-state index contributed by atoms with van der Waals surface area (Å²) in [6.45, 7) is 2.81. The van der Waals surface area contributed by atoms with Gasteiger partial charge in [-0.1, -0.05) is 46.3 Å². The second-order valence-electron chi connectivity index (χ2n) is 6.14. The minimum absolute atomic E-state index is 0.0968. The topological polar surface area (TPSA) is 58.6 Å². The maximum Gasteiger partial charge on any atom is 0.243 e. The molecule has 3 rings (SSSR count). The minimum Gasteiger partial charge on any atom is -0.374 e. The second kappa shape index (κ2) is 8.58. The summed E-state index contributed by atoms with van der Waals surface area (Å²) in [6.07, 6.45) is -0.280. The van der Waals surface area contributed by atoms with Crippen LogP contribution in [0.25, 0.3) is 0 Å². The van der Waals surface area contributed by atoms with Gasteiger partial charge in [0.2, 0.25) is 10.0 Å². The molecule has 0 radical (unpaired) electrons. The van der Waals surface area contributed by atoms with Crippen molar-refractivity contribution in [3.05, 3.63) is 64.4 Å². The van der Waals surface area contributed by atoms with Crippen LogP contribution in [0.2, 0.25) is 0 Å². The van der Waals surface area contributed by atoms with Crippen LogP contribution < -0.4 is 4.72 Å². The van der Waals surface area contributed by atoms with Gasteiger partial charge >= 0.3 is 0 Å². The quantitative estimate of drug-likeness (QED) is 0.746. The molecule has 0 bridgehead atoms. The van der Waals surface area contributed by atoms with Gasteiger partial charge in [-0.15, -0.1) is 0 Å². The zero-order valence-corrected chi connectivity index (χ0v) is 16.5. The lowest BCUT2D eigenvalue weighted by Gasteiger charge is -2.33. The summed E-state index contributed by atoms with van der Waals surface area (Å²) >= 11 is 3.17. The molecule has 8 heteroatoms. The molecule has 1 aliphatic heterocycles. The van der Waals surface area contributed by atoms with Crippen LogP contribution >= 0.6 is 15.9 Å². The number of halogens is 2. The van der Waals surface area contributed by atoms with Gasteiger partial charge in [0.1, 0.15) is 10.7 Å². The Bertz CT molecular complexity index is 849. The summed E-state index contributed by atoms with van der Waals surface area (Å²) in [6, 6.07) is 13.9. The highest BCUT2D eigenvalue weighted by Gasteiger charge is 2.25. The Kier molecular flexibility index (Phi) is 6.42. The zero-order valence-electron chi connectivity index (χ0n) is 14.1. The van der Waals surface area contributed by atoms with Gasteiger partial charge in [0.05, 0.1) is 12.7 Å². The van der Waals surface area contributed by atoms with E-state index in [2.05, 4.69) is 37.7 Å². The van der Waals surface area contributed by atoms with Crippen LogP contribution in [0.15, 0.2) is 57.9 Å². The zero-order chi connectivity index (χ0) is 18.6. The predicted molar refractivity (Wildman–Crippen MR) is 101 cm³/mol. The number of hydrogen-bond donors (Lipinski definition) is 1. The van der Waals surface area contributed by atoms with Crippen molar-refractivity contribution in [1.82, 2.24) is 9.62 Å². The second-order valence-corrected chi connectivity index (χ2v) is 8.79. The Morgan fingerprint density at radius 3 is 2.77 bits per heavy atom. The normalized spacial score (nSPS) is 18.8. The van der Waals surface area contributed by atoms with E-state index in [1.165, 1.54) is 17.7 Å². The van der Waals surface area contributed by atoms with E-state index < -0.39 is 15.8 Å². The maximum atomic E-state index is 13.9. The third kappa shape index (κ3) is 5.11. The number of hydrogen-bond acceptors (Lipinski definition) is 4. The van der Waals surface area contributed by atoms with E-state index in [1.807, 2.05) is 18.2 Å². The van der Waals surface area contributed by atoms with Crippen LogP contribution in [0.4, 0.5) is 4.39 Å². The van der Waals surface area contributed by atoms with Crippen LogP contribution in [-0.4, -0.2) is 45.7 Å². The lowest BCUT2D eigenvalue weighted by atomic mass is 10.2. The van der Waals surface area contributed by atoms with E-state index in [9.17, 15) is 12.8 Å². The highest BCUT2D eigenvalue weighted by Crippen LogP contribution is 2.20. The van der Waals surface area contributed by atoms with Crippen molar-refractivity contribution < 1.29 is 17.5 Å². The molecular formula is C18H20BrFN2O3S. The van der Waals surface area contributed by atoms with Gasteiger partial charge in [-0.25, -0.2) is 17.5 Å². The van der Waals surface area contributed by atoms with E-state index in [-0.39, 0.29) is 17.5 Å². The lowest BCUT2D eigenvalue weighted by Crippen LogP contribution is -2.47. The van der Waals surface area contributed by atoms with Gasteiger partial charge in [-0.05, 0) is 23.8 Å². The van der Waals surface area contributed by atoms with Crippen LogP contribution in [0.3, 0.4) is 0 Å². The van der Waals surface area contributed by atoms with Crippen LogP contribution in [0.5, 0.6) is 0 Å². The first kappa shape index (κ1) is 19.4. The Labute approximate surface area is 161 Å². The first-order chi connectivity index (χ1) is 12.4. The molecule has 26 heavy (non-hydrogen) atoms. The van der Waals surface area contributed by atoms with Crippen LogP contribution in [-0.2, 0) is 21.3 Å². The number of ether oxygens (including phenoxy) is 1. The first-order valence-corrected chi connectivity index (χ1v) is 10.5. The molecule has 0 aromatic heterocycles. The summed E-state index contributed by atoms with van der Waals surface area (Å²) < 4.78 is 47.2. The van der Waals surface area contributed by atoms with Gasteiger partial charge < -0.3 is 4.74 Å². The molecule has 140 valence electrons. The Morgan fingerprint density at radius 2 is 2.00 bits per heavy atom. The van der Waals surface area contributed by atoms with Crippen molar-refractivity contribution in [3.63, 3.8) is 0 Å². The molecular weight excluding hydrogens is 423 g/mol. The fraction of sp³-hybridized carbons (Fsp3) is 0.333. The number of morpholine rings is 1. The van der Waals surface area contributed by atoms with Crippen molar-refractivity contribution in [2.75, 3.05) is 26.2 Å². The minimum atomic E-state index is -3.94. The SMILES string of the molecule is O=S(=O)(NCC1CN(Cc2ccccc2)CCO1)c1cc(Br)ccc1F. The van der Waals surface area contributed by atoms with Crippen LogP contribution in [0, 0.1) is 5.82 Å². The number of sulfonamides is 1. The largest absolute Gasteiger partial charge is 0.374 e. The van der Waals surface area contributed by atoms with Gasteiger partial charge in [0.15, 0.2) is 0 Å². The Balaban J connectivity index is 1.59. The van der Waals surface area contributed by atoms with Gasteiger partial charge in [-0.3, -0.25) is 4.90 Å². The third-order valence-corrected chi connectivity index (χ3v) is 6.09. The molecule has 1 aliphatic rings. The molecule has 5 nitrogen and oxygen atoms in total. The fourth-order valence-corrected chi connectivity index (χ4v) is 4.53. The summed E-state index contributed by atoms with van der Waals surface area (Å²) in [5.41, 5.74) is 1.20. The van der Waals surface area contributed by atoms with E-state index in [0.717, 1.165) is 19.2 Å². The van der Waals surface area contributed by atoms with Gasteiger partial charge in [0.25, 0.3) is 0 Å². The average Bonchev–Trinajstić information content (AvgIpc) is 2.63. The highest BCUT2D eigenvalue weighted by molar-refractivity contribution is 9.10. The molecule has 0 aliphatic carbocycles. The Morgan fingerprint density at radius 1 is 1.23 bits per heavy atom. The van der Waals surface area contributed by atoms with E-state index in [1.54, 1.807) is 0 Å². The summed E-state index contributed by atoms with van der Waals surface area (Å²) in [7, 11) is -3.94. The first-order valence-electron chi connectivity index (χ1n) is 8.26. The molecule has 2 aromatic carbocycles. The van der Waals surface area contributed by atoms with Crippen molar-refractivity contribution >= 4 is 26.0 Å². The van der Waals surface area contributed by atoms with Crippen molar-refractivity contribution in [3.8, 4) is 0 Å². The molecule has 1 N–H and O–H groups in total. The molecule has 1 fully saturated rings. The molecule has 2 aromatic rings. The summed E-state index contributed by atoms with van der Waals surface area (Å²) in [4.78, 5) is 1.85. The van der Waals surface area contributed by atoms with E-state index >= 15 is 0 Å². The number of nitrogens with zero attached hydrogens (tertiary/aromatic N) is 1. The average molecular weight is 443 g/mol. The lowest BCUT2D eigenvalue weighted by molar-refractivity contribution is -0.0276. The maximum absolute atomic E-state index is 13.9. The van der Waals surface area contributed by atoms with Crippen molar-refractivity contribution in [1.29, 1.82) is 0 Å². The molecule has 1 saturated heterocycles. The van der Waals surface area contributed by atoms with Gasteiger partial charge in [-0.2, -0.15) is 0 Å². The monoisotopic (exact) mass is 442 g/mol. The molecule has 1 unspecified atom stereocenters. The molecule has 1 heterocycles. The molecule has 0 amide bonds. The standard InChI is InChI=1S/C18H20BrFN2O3S/c19-15-6-7-17(20)18(10-15)26(23,24)21-11-16-13-22(8-9-25-16)12-14-4-2-1-3-5-14/h1-7,10,16,21H,8-9,11-13H2. The molecule has 0 spiro atoms. The molecule has 0 saturated carbocycles. The summed E-state index contributed by atoms with van der Waals surface area (Å²) in [5, 5.41) is 0. The molecule has 1 atom stereocenters. The predicted octanol–water partition coefficient (Wildman–Crippen LogP) is 2.77. The number of benzene rings is 2. The van der Waals surface area contributed by atoms with Crippen LogP contribution in [0.1, 0.15) is 5.56 Å².